The minimum Gasteiger partial charge on any atom is -0.227 e. The van der Waals surface area contributed by atoms with Gasteiger partial charge in [-0.05, 0) is 43.5 Å². The second kappa shape index (κ2) is 3.27. The molecule has 0 aliphatic carbocycles. The van der Waals surface area contributed by atoms with Crippen LogP contribution in [0.3, 0.4) is 0 Å². The summed E-state index contributed by atoms with van der Waals surface area (Å²) >= 11 is 0. The summed E-state index contributed by atoms with van der Waals surface area (Å²) in [6.45, 7) is 5.75. The SMILES string of the molecule is Cc1ccc([SH](=O)=O)c(C)c1C. The van der Waals surface area contributed by atoms with E-state index in [0.717, 1.165) is 16.7 Å². The summed E-state index contributed by atoms with van der Waals surface area (Å²) in [5.41, 5.74) is 3.06. The molecule has 0 heterocycles. The molecule has 0 saturated carbocycles. The highest BCUT2D eigenvalue weighted by Gasteiger charge is 2.04. The summed E-state index contributed by atoms with van der Waals surface area (Å²) in [6, 6.07) is 3.49. The molecule has 0 atom stereocenters. The monoisotopic (exact) mass is 184 g/mol. The van der Waals surface area contributed by atoms with E-state index in [4.69, 9.17) is 0 Å². The summed E-state index contributed by atoms with van der Waals surface area (Å²) in [7, 11) is -2.45. The van der Waals surface area contributed by atoms with Crippen molar-refractivity contribution in [2.45, 2.75) is 25.7 Å². The fourth-order valence-corrected chi connectivity index (χ4v) is 1.78. The zero-order valence-corrected chi connectivity index (χ0v) is 8.31. The van der Waals surface area contributed by atoms with Gasteiger partial charge < -0.3 is 0 Å². The van der Waals surface area contributed by atoms with E-state index in [1.54, 1.807) is 6.07 Å². The molecule has 0 N–H and O–H groups in total. The highest BCUT2D eigenvalue weighted by molar-refractivity contribution is 7.72. The van der Waals surface area contributed by atoms with Crippen LogP contribution in [-0.2, 0) is 10.7 Å². The van der Waals surface area contributed by atoms with E-state index in [-0.39, 0.29) is 0 Å². The van der Waals surface area contributed by atoms with Crippen molar-refractivity contribution in [3.63, 3.8) is 0 Å². The van der Waals surface area contributed by atoms with Crippen LogP contribution in [0, 0.1) is 20.8 Å². The quantitative estimate of drug-likeness (QED) is 0.672. The Morgan fingerprint density at radius 1 is 1.00 bits per heavy atom. The lowest BCUT2D eigenvalue weighted by atomic mass is 10.1. The molecule has 1 aromatic rings. The lowest BCUT2D eigenvalue weighted by Crippen LogP contribution is -1.92. The minimum absolute atomic E-state index is 0.438. The molecule has 1 rings (SSSR count). The highest BCUT2D eigenvalue weighted by Crippen LogP contribution is 2.17. The van der Waals surface area contributed by atoms with Gasteiger partial charge >= 0.3 is 0 Å². The fourth-order valence-electron chi connectivity index (χ4n) is 1.14. The summed E-state index contributed by atoms with van der Waals surface area (Å²) in [6.07, 6.45) is 0. The summed E-state index contributed by atoms with van der Waals surface area (Å²) < 4.78 is 21.4. The van der Waals surface area contributed by atoms with Crippen molar-refractivity contribution in [3.05, 3.63) is 28.8 Å². The Morgan fingerprint density at radius 3 is 2.08 bits per heavy atom. The Kier molecular flexibility index (Phi) is 2.52. The molecule has 0 aliphatic rings. The third kappa shape index (κ3) is 1.50. The van der Waals surface area contributed by atoms with Crippen molar-refractivity contribution in [1.82, 2.24) is 0 Å². The first kappa shape index (κ1) is 9.26. The van der Waals surface area contributed by atoms with Crippen LogP contribution in [0.4, 0.5) is 0 Å². The third-order valence-electron chi connectivity index (χ3n) is 2.23. The summed E-state index contributed by atoms with van der Waals surface area (Å²) in [4.78, 5) is 0.438. The van der Waals surface area contributed by atoms with Crippen LogP contribution in [0.25, 0.3) is 0 Å². The highest BCUT2D eigenvalue weighted by atomic mass is 32.2. The Bertz CT molecular complexity index is 370. The number of aryl methyl sites for hydroxylation is 1. The first-order valence-electron chi connectivity index (χ1n) is 3.75. The smallest absolute Gasteiger partial charge is 0.168 e. The van der Waals surface area contributed by atoms with Crippen molar-refractivity contribution >= 4 is 10.7 Å². The third-order valence-corrected chi connectivity index (χ3v) is 3.10. The van der Waals surface area contributed by atoms with E-state index in [9.17, 15) is 8.42 Å². The molecule has 0 saturated heterocycles. The molecule has 0 unspecified atom stereocenters. The van der Waals surface area contributed by atoms with E-state index < -0.39 is 10.7 Å². The van der Waals surface area contributed by atoms with Gasteiger partial charge in [-0.3, -0.25) is 0 Å². The van der Waals surface area contributed by atoms with E-state index in [1.807, 2.05) is 26.8 Å². The molecule has 0 fully saturated rings. The largest absolute Gasteiger partial charge is 0.227 e. The van der Waals surface area contributed by atoms with E-state index in [2.05, 4.69) is 0 Å². The average molecular weight is 184 g/mol. The Labute approximate surface area is 74.2 Å². The predicted molar refractivity (Wildman–Crippen MR) is 49.2 cm³/mol. The van der Waals surface area contributed by atoms with Gasteiger partial charge in [0.25, 0.3) is 0 Å². The van der Waals surface area contributed by atoms with E-state index in [0.29, 0.717) is 4.90 Å². The van der Waals surface area contributed by atoms with Crippen LogP contribution in [0.15, 0.2) is 17.0 Å². The van der Waals surface area contributed by atoms with Gasteiger partial charge in [-0.15, -0.1) is 0 Å². The van der Waals surface area contributed by atoms with Crippen LogP contribution in [0.1, 0.15) is 16.7 Å². The number of benzene rings is 1. The lowest BCUT2D eigenvalue weighted by molar-refractivity contribution is 0.614. The van der Waals surface area contributed by atoms with Gasteiger partial charge in [0.2, 0.25) is 0 Å². The van der Waals surface area contributed by atoms with Crippen LogP contribution < -0.4 is 0 Å². The number of thiol groups is 1. The van der Waals surface area contributed by atoms with E-state index in [1.165, 1.54) is 0 Å². The Hall–Kier alpha value is -0.830. The van der Waals surface area contributed by atoms with E-state index >= 15 is 0 Å². The van der Waals surface area contributed by atoms with Gasteiger partial charge in [0.1, 0.15) is 0 Å². The molecule has 3 heteroatoms. The van der Waals surface area contributed by atoms with Gasteiger partial charge in [0.05, 0.1) is 4.90 Å². The van der Waals surface area contributed by atoms with Crippen LogP contribution in [0.2, 0.25) is 0 Å². The van der Waals surface area contributed by atoms with Gasteiger partial charge in [-0.25, -0.2) is 8.42 Å². The van der Waals surface area contributed by atoms with Crippen molar-refractivity contribution in [2.24, 2.45) is 0 Å². The van der Waals surface area contributed by atoms with Crippen molar-refractivity contribution in [3.8, 4) is 0 Å². The molecule has 0 aromatic heterocycles. The maximum atomic E-state index is 10.7. The molecule has 0 radical (unpaired) electrons. The maximum Gasteiger partial charge on any atom is 0.168 e. The molecule has 1 aromatic carbocycles. The zero-order valence-electron chi connectivity index (χ0n) is 7.42. The Morgan fingerprint density at radius 2 is 1.58 bits per heavy atom. The molecule has 12 heavy (non-hydrogen) atoms. The fraction of sp³-hybridized carbons (Fsp3) is 0.333. The van der Waals surface area contributed by atoms with Crippen molar-refractivity contribution in [1.29, 1.82) is 0 Å². The molecule has 66 valence electrons. The predicted octanol–water partition coefficient (Wildman–Crippen LogP) is 1.58. The number of hydrogen-bond acceptors (Lipinski definition) is 2. The first-order valence-corrected chi connectivity index (χ1v) is 4.93. The maximum absolute atomic E-state index is 10.7. The normalized spacial score (nSPS) is 10.7. The van der Waals surface area contributed by atoms with Gasteiger partial charge in [-0.2, -0.15) is 0 Å². The molecule has 0 spiro atoms. The first-order chi connectivity index (χ1) is 5.54. The average Bonchev–Trinajstić information content (AvgIpc) is 2.00. The van der Waals surface area contributed by atoms with Crippen LogP contribution in [0.5, 0.6) is 0 Å². The molecule has 0 amide bonds. The van der Waals surface area contributed by atoms with Crippen molar-refractivity contribution < 1.29 is 8.42 Å². The topological polar surface area (TPSA) is 34.1 Å². The molecule has 0 aliphatic heterocycles. The van der Waals surface area contributed by atoms with Crippen molar-refractivity contribution in [2.75, 3.05) is 0 Å². The molecular formula is C9H12O2S. The minimum atomic E-state index is -2.45. The van der Waals surface area contributed by atoms with Gasteiger partial charge in [0.15, 0.2) is 10.7 Å². The van der Waals surface area contributed by atoms with Crippen LogP contribution in [-0.4, -0.2) is 8.42 Å². The molecule has 0 bridgehead atoms. The summed E-state index contributed by atoms with van der Waals surface area (Å²) in [5, 5.41) is 0. The second-order valence-corrected chi connectivity index (χ2v) is 3.90. The molecular weight excluding hydrogens is 172 g/mol. The number of rotatable bonds is 1. The number of hydrogen-bond donors (Lipinski definition) is 1. The molecule has 2 nitrogen and oxygen atoms in total. The van der Waals surface area contributed by atoms with Crippen LogP contribution >= 0.6 is 0 Å². The zero-order chi connectivity index (χ0) is 9.30. The summed E-state index contributed by atoms with van der Waals surface area (Å²) in [5.74, 6) is 0. The lowest BCUT2D eigenvalue weighted by Gasteiger charge is -2.05. The standard InChI is InChI=1S/C9H12O2S/c1-6-4-5-9(12(10)11)8(3)7(6)2/h4-5,12H,1-3H3. The van der Waals surface area contributed by atoms with Gasteiger partial charge in [-0.1, -0.05) is 6.07 Å². The second-order valence-electron chi connectivity index (χ2n) is 2.91. The van der Waals surface area contributed by atoms with Gasteiger partial charge in [0, 0.05) is 0 Å². The Balaban J connectivity index is 3.46.